The van der Waals surface area contributed by atoms with Crippen molar-refractivity contribution in [1.29, 1.82) is 0 Å². The molecule has 1 unspecified atom stereocenters. The molecule has 0 aromatic rings. The minimum Gasteiger partial charge on any atom is -0.103 e. The van der Waals surface area contributed by atoms with Gasteiger partial charge in [-0.1, -0.05) is 58.4 Å². The zero-order chi connectivity index (χ0) is 9.94. The Hall–Kier alpha value is -0.260. The molecule has 0 rings (SSSR count). The lowest BCUT2D eigenvalue weighted by Gasteiger charge is -2.09. The van der Waals surface area contributed by atoms with Crippen LogP contribution in [0.15, 0.2) is 12.7 Å². The maximum absolute atomic E-state index is 3.74. The van der Waals surface area contributed by atoms with Gasteiger partial charge in [0.05, 0.1) is 0 Å². The maximum atomic E-state index is 3.74. The predicted octanol–water partition coefficient (Wildman–Crippen LogP) is 4.95. The summed E-state index contributed by atoms with van der Waals surface area (Å²) in [6.45, 7) is 8.40. The number of hydrogen-bond acceptors (Lipinski definition) is 0. The zero-order valence-corrected chi connectivity index (χ0v) is 9.52. The summed E-state index contributed by atoms with van der Waals surface area (Å²) in [6, 6.07) is 0. The number of allylic oxidation sites excluding steroid dienone is 1. The fraction of sp³-hybridized carbons (Fsp3) is 0.846. The van der Waals surface area contributed by atoms with Crippen LogP contribution < -0.4 is 0 Å². The summed E-state index contributed by atoms with van der Waals surface area (Å²) in [4.78, 5) is 0. The van der Waals surface area contributed by atoms with Crippen molar-refractivity contribution in [3.63, 3.8) is 0 Å². The molecule has 0 heterocycles. The van der Waals surface area contributed by atoms with Gasteiger partial charge in [-0.25, -0.2) is 0 Å². The van der Waals surface area contributed by atoms with Gasteiger partial charge < -0.3 is 0 Å². The first-order valence-corrected chi connectivity index (χ1v) is 5.92. The summed E-state index contributed by atoms with van der Waals surface area (Å²) in [6.07, 6.45) is 13.0. The van der Waals surface area contributed by atoms with Crippen LogP contribution in [0, 0.1) is 5.92 Å². The molecule has 0 aliphatic carbocycles. The minimum atomic E-state index is 0.941. The molecule has 0 aliphatic rings. The van der Waals surface area contributed by atoms with E-state index in [0.29, 0.717) is 0 Å². The van der Waals surface area contributed by atoms with Gasteiger partial charge >= 0.3 is 0 Å². The second-order valence-corrected chi connectivity index (χ2v) is 4.17. The fourth-order valence-corrected chi connectivity index (χ4v) is 1.67. The molecule has 1 atom stereocenters. The smallest absolute Gasteiger partial charge is 0.0353 e. The number of rotatable bonds is 9. The minimum absolute atomic E-state index is 0.941. The molecule has 0 bridgehead atoms. The quantitative estimate of drug-likeness (QED) is 0.349. The van der Waals surface area contributed by atoms with Crippen LogP contribution in [-0.2, 0) is 0 Å². The molecule has 0 N–H and O–H groups in total. The summed E-state index contributed by atoms with van der Waals surface area (Å²) < 4.78 is 0. The highest BCUT2D eigenvalue weighted by molar-refractivity contribution is 4.66. The van der Waals surface area contributed by atoms with Crippen molar-refractivity contribution in [2.45, 2.75) is 65.2 Å². The molecule has 0 aromatic carbocycles. The molecule has 0 fully saturated rings. The first-order valence-electron chi connectivity index (χ1n) is 5.92. The molecule has 0 amide bonds. The van der Waals surface area contributed by atoms with Crippen molar-refractivity contribution in [3.05, 3.63) is 12.7 Å². The molecule has 0 saturated heterocycles. The molecule has 0 nitrogen and oxygen atoms in total. The van der Waals surface area contributed by atoms with Crippen molar-refractivity contribution < 1.29 is 0 Å². The van der Waals surface area contributed by atoms with Gasteiger partial charge in [-0.05, 0) is 18.8 Å². The molecule has 0 saturated carbocycles. The maximum Gasteiger partial charge on any atom is -0.0353 e. The SMILES string of the molecule is C=CCCCCC(C)CCCCC. The van der Waals surface area contributed by atoms with Crippen LogP contribution in [0.25, 0.3) is 0 Å². The molecule has 78 valence electrons. The van der Waals surface area contributed by atoms with E-state index in [0.717, 1.165) is 5.92 Å². The topological polar surface area (TPSA) is 0 Å². The third-order valence-electron chi connectivity index (χ3n) is 2.66. The largest absolute Gasteiger partial charge is 0.103 e. The van der Waals surface area contributed by atoms with Crippen molar-refractivity contribution in [2.24, 2.45) is 5.92 Å². The average molecular weight is 182 g/mol. The standard InChI is InChI=1S/C13H26/c1-4-6-8-10-12-13(3)11-9-7-5-2/h4,13H,1,5-12H2,2-3H3. The van der Waals surface area contributed by atoms with Gasteiger partial charge in [0.25, 0.3) is 0 Å². The first kappa shape index (κ1) is 12.7. The van der Waals surface area contributed by atoms with E-state index in [1.165, 1.54) is 51.4 Å². The van der Waals surface area contributed by atoms with E-state index in [1.807, 2.05) is 6.08 Å². The Labute approximate surface area is 84.4 Å². The summed E-state index contributed by atoms with van der Waals surface area (Å²) in [7, 11) is 0. The highest BCUT2D eigenvalue weighted by atomic mass is 14.1. The summed E-state index contributed by atoms with van der Waals surface area (Å²) in [5, 5.41) is 0. The average Bonchev–Trinajstić information content (AvgIpc) is 2.13. The number of hydrogen-bond donors (Lipinski definition) is 0. The lowest BCUT2D eigenvalue weighted by molar-refractivity contribution is 0.444. The Kier molecular flexibility index (Phi) is 9.63. The van der Waals surface area contributed by atoms with E-state index >= 15 is 0 Å². The van der Waals surface area contributed by atoms with Crippen molar-refractivity contribution in [1.82, 2.24) is 0 Å². The van der Waals surface area contributed by atoms with E-state index < -0.39 is 0 Å². The van der Waals surface area contributed by atoms with E-state index in [2.05, 4.69) is 20.4 Å². The third-order valence-corrected chi connectivity index (χ3v) is 2.66. The van der Waals surface area contributed by atoms with Gasteiger partial charge in [-0.2, -0.15) is 0 Å². The second kappa shape index (κ2) is 9.83. The molecule has 0 aromatic heterocycles. The second-order valence-electron chi connectivity index (χ2n) is 4.17. The Bertz CT molecular complexity index is 105. The Morgan fingerprint density at radius 1 is 1.08 bits per heavy atom. The van der Waals surface area contributed by atoms with Crippen LogP contribution in [-0.4, -0.2) is 0 Å². The van der Waals surface area contributed by atoms with Gasteiger partial charge in [-0.3, -0.25) is 0 Å². The third kappa shape index (κ3) is 9.66. The van der Waals surface area contributed by atoms with Crippen LogP contribution in [0.3, 0.4) is 0 Å². The Morgan fingerprint density at radius 3 is 2.23 bits per heavy atom. The van der Waals surface area contributed by atoms with Crippen molar-refractivity contribution >= 4 is 0 Å². The number of unbranched alkanes of at least 4 members (excludes halogenated alkanes) is 4. The van der Waals surface area contributed by atoms with Crippen LogP contribution in [0.2, 0.25) is 0 Å². The van der Waals surface area contributed by atoms with Crippen LogP contribution in [0.4, 0.5) is 0 Å². The lowest BCUT2D eigenvalue weighted by Crippen LogP contribution is -1.94. The monoisotopic (exact) mass is 182 g/mol. The highest BCUT2D eigenvalue weighted by Gasteiger charge is 2.00. The lowest BCUT2D eigenvalue weighted by atomic mass is 9.97. The Balaban J connectivity index is 3.09. The van der Waals surface area contributed by atoms with Crippen molar-refractivity contribution in [3.8, 4) is 0 Å². The highest BCUT2D eigenvalue weighted by Crippen LogP contribution is 2.16. The molecular formula is C13H26. The molecule has 0 aliphatic heterocycles. The predicted molar refractivity (Wildman–Crippen MR) is 62.0 cm³/mol. The molecule has 0 radical (unpaired) electrons. The summed E-state index contributed by atoms with van der Waals surface area (Å²) in [5.41, 5.74) is 0. The fourth-order valence-electron chi connectivity index (χ4n) is 1.67. The van der Waals surface area contributed by atoms with E-state index in [1.54, 1.807) is 0 Å². The van der Waals surface area contributed by atoms with Gasteiger partial charge in [0.1, 0.15) is 0 Å². The molecular weight excluding hydrogens is 156 g/mol. The van der Waals surface area contributed by atoms with Crippen LogP contribution >= 0.6 is 0 Å². The Morgan fingerprint density at radius 2 is 1.69 bits per heavy atom. The summed E-state index contributed by atoms with van der Waals surface area (Å²) >= 11 is 0. The normalized spacial score (nSPS) is 12.8. The molecule has 13 heavy (non-hydrogen) atoms. The van der Waals surface area contributed by atoms with Crippen LogP contribution in [0.5, 0.6) is 0 Å². The first-order chi connectivity index (χ1) is 6.31. The van der Waals surface area contributed by atoms with Gasteiger partial charge in [0.2, 0.25) is 0 Å². The van der Waals surface area contributed by atoms with Gasteiger partial charge in [0, 0.05) is 0 Å². The van der Waals surface area contributed by atoms with Crippen molar-refractivity contribution in [2.75, 3.05) is 0 Å². The van der Waals surface area contributed by atoms with E-state index in [4.69, 9.17) is 0 Å². The van der Waals surface area contributed by atoms with Gasteiger partial charge in [-0.15, -0.1) is 6.58 Å². The molecule has 0 heteroatoms. The van der Waals surface area contributed by atoms with E-state index in [9.17, 15) is 0 Å². The van der Waals surface area contributed by atoms with Gasteiger partial charge in [0.15, 0.2) is 0 Å². The molecule has 0 spiro atoms. The summed E-state index contributed by atoms with van der Waals surface area (Å²) in [5.74, 6) is 0.941. The van der Waals surface area contributed by atoms with Crippen LogP contribution in [0.1, 0.15) is 65.2 Å². The zero-order valence-electron chi connectivity index (χ0n) is 9.52. The van der Waals surface area contributed by atoms with E-state index in [-0.39, 0.29) is 0 Å².